The Kier molecular flexibility index (Phi) is 10.4. The van der Waals surface area contributed by atoms with Gasteiger partial charge < -0.3 is 10.2 Å². The average Bonchev–Trinajstić information content (AvgIpc) is 2.80. The molecule has 0 aliphatic rings. The van der Waals surface area contributed by atoms with Crippen LogP contribution in [0, 0.1) is 6.92 Å². The van der Waals surface area contributed by atoms with Crippen LogP contribution in [0.4, 0.5) is 5.69 Å². The van der Waals surface area contributed by atoms with Crippen LogP contribution in [0.5, 0.6) is 0 Å². The summed E-state index contributed by atoms with van der Waals surface area (Å²) in [6.07, 6.45) is 2.78. The van der Waals surface area contributed by atoms with E-state index in [2.05, 4.69) is 5.32 Å². The van der Waals surface area contributed by atoms with Gasteiger partial charge in [0.1, 0.15) is 12.6 Å². The lowest BCUT2D eigenvalue weighted by atomic mass is 10.1. The van der Waals surface area contributed by atoms with Crippen molar-refractivity contribution in [3.63, 3.8) is 0 Å². The molecule has 0 radical (unpaired) electrons. The van der Waals surface area contributed by atoms with Crippen molar-refractivity contribution in [3.8, 4) is 0 Å². The van der Waals surface area contributed by atoms with Gasteiger partial charge in [0, 0.05) is 18.1 Å². The molecular formula is C25H34ClN3O4S. The summed E-state index contributed by atoms with van der Waals surface area (Å²) < 4.78 is 26.4. The lowest BCUT2D eigenvalue weighted by Crippen LogP contribution is -2.53. The van der Waals surface area contributed by atoms with Crippen LogP contribution in [0.25, 0.3) is 0 Å². The van der Waals surface area contributed by atoms with E-state index in [1.807, 2.05) is 44.2 Å². The van der Waals surface area contributed by atoms with Gasteiger partial charge in [-0.3, -0.25) is 13.9 Å². The fourth-order valence-corrected chi connectivity index (χ4v) is 4.77. The highest BCUT2D eigenvalue weighted by molar-refractivity contribution is 7.92. The molecule has 0 aliphatic carbocycles. The van der Waals surface area contributed by atoms with Gasteiger partial charge in [-0.25, -0.2) is 8.42 Å². The van der Waals surface area contributed by atoms with E-state index in [1.165, 1.54) is 11.0 Å². The van der Waals surface area contributed by atoms with Crippen molar-refractivity contribution in [2.24, 2.45) is 0 Å². The standard InChI is InChI=1S/C25H34ClN3O4S/c1-5-15-27-25(31)22(6-2)28(16-14-20-10-8-7-9-11-20)24(30)18-29(34(4,32)33)23-17-21(26)13-12-19(23)3/h7-13,17,22H,5-6,14-16,18H2,1-4H3,(H,27,31)/t22-/m0/s1. The van der Waals surface area contributed by atoms with Gasteiger partial charge >= 0.3 is 0 Å². The van der Waals surface area contributed by atoms with Crippen LogP contribution in [-0.2, 0) is 26.0 Å². The second-order valence-electron chi connectivity index (χ2n) is 8.24. The monoisotopic (exact) mass is 507 g/mol. The van der Waals surface area contributed by atoms with E-state index >= 15 is 0 Å². The number of rotatable bonds is 12. The molecule has 1 atom stereocenters. The fraction of sp³-hybridized carbons (Fsp3) is 0.440. The first-order valence-corrected chi connectivity index (χ1v) is 13.7. The molecule has 2 amide bonds. The van der Waals surface area contributed by atoms with Crippen molar-refractivity contribution in [1.82, 2.24) is 10.2 Å². The topological polar surface area (TPSA) is 86.8 Å². The molecule has 0 aliphatic heterocycles. The van der Waals surface area contributed by atoms with Gasteiger partial charge in [0.2, 0.25) is 21.8 Å². The number of amides is 2. The summed E-state index contributed by atoms with van der Waals surface area (Å²) in [7, 11) is -3.79. The van der Waals surface area contributed by atoms with E-state index in [0.29, 0.717) is 35.7 Å². The zero-order valence-electron chi connectivity index (χ0n) is 20.3. The van der Waals surface area contributed by atoms with Crippen LogP contribution >= 0.6 is 11.6 Å². The number of anilines is 1. The molecule has 0 unspecified atom stereocenters. The molecule has 0 fully saturated rings. The maximum Gasteiger partial charge on any atom is 0.244 e. The molecule has 0 saturated carbocycles. The molecule has 9 heteroatoms. The summed E-state index contributed by atoms with van der Waals surface area (Å²) in [5.41, 5.74) is 2.04. The Morgan fingerprint density at radius 3 is 2.35 bits per heavy atom. The Balaban J connectivity index is 2.38. The number of sulfonamides is 1. The Morgan fingerprint density at radius 2 is 1.76 bits per heavy atom. The molecule has 186 valence electrons. The van der Waals surface area contributed by atoms with Crippen LogP contribution < -0.4 is 9.62 Å². The predicted molar refractivity (Wildman–Crippen MR) is 138 cm³/mol. The lowest BCUT2D eigenvalue weighted by molar-refractivity contribution is -0.139. The predicted octanol–water partition coefficient (Wildman–Crippen LogP) is 3.79. The minimum Gasteiger partial charge on any atom is -0.354 e. The smallest absolute Gasteiger partial charge is 0.244 e. The molecule has 0 saturated heterocycles. The van der Waals surface area contributed by atoms with Crippen LogP contribution in [0.2, 0.25) is 5.02 Å². The molecule has 1 N–H and O–H groups in total. The third-order valence-corrected chi connectivity index (χ3v) is 6.90. The van der Waals surface area contributed by atoms with Crippen molar-refractivity contribution in [3.05, 3.63) is 64.7 Å². The molecule has 0 bridgehead atoms. The summed E-state index contributed by atoms with van der Waals surface area (Å²) in [4.78, 5) is 28.0. The minimum absolute atomic E-state index is 0.240. The van der Waals surface area contributed by atoms with E-state index in [0.717, 1.165) is 22.5 Å². The number of nitrogens with one attached hydrogen (secondary N) is 1. The zero-order chi connectivity index (χ0) is 25.3. The summed E-state index contributed by atoms with van der Waals surface area (Å²) in [5, 5.41) is 3.24. The lowest BCUT2D eigenvalue weighted by Gasteiger charge is -2.33. The maximum atomic E-state index is 13.6. The largest absolute Gasteiger partial charge is 0.354 e. The molecule has 0 spiro atoms. The Labute approximate surface area is 208 Å². The number of hydrogen-bond donors (Lipinski definition) is 1. The summed E-state index contributed by atoms with van der Waals surface area (Å²) in [6, 6.07) is 13.9. The first-order chi connectivity index (χ1) is 16.1. The second-order valence-corrected chi connectivity index (χ2v) is 10.6. The number of carbonyl (C=O) groups is 2. The number of aryl methyl sites for hydroxylation is 1. The zero-order valence-corrected chi connectivity index (χ0v) is 21.8. The summed E-state index contributed by atoms with van der Waals surface area (Å²) in [5.74, 6) is -0.685. The third kappa shape index (κ3) is 7.74. The number of hydrogen-bond acceptors (Lipinski definition) is 4. The number of carbonyl (C=O) groups excluding carboxylic acids is 2. The molecule has 2 aromatic rings. The van der Waals surface area contributed by atoms with E-state index in [1.54, 1.807) is 19.1 Å². The van der Waals surface area contributed by atoms with Crippen LogP contribution in [0.1, 0.15) is 37.8 Å². The maximum absolute atomic E-state index is 13.6. The molecule has 2 rings (SSSR count). The molecule has 34 heavy (non-hydrogen) atoms. The number of benzene rings is 2. The highest BCUT2D eigenvalue weighted by atomic mass is 35.5. The van der Waals surface area contributed by atoms with E-state index in [-0.39, 0.29) is 12.5 Å². The molecule has 0 heterocycles. The first kappa shape index (κ1) is 27.7. The molecule has 2 aromatic carbocycles. The van der Waals surface area contributed by atoms with Crippen molar-refractivity contribution in [1.29, 1.82) is 0 Å². The van der Waals surface area contributed by atoms with Crippen molar-refractivity contribution in [2.45, 2.75) is 46.1 Å². The third-order valence-electron chi connectivity index (χ3n) is 5.54. The van der Waals surface area contributed by atoms with Gasteiger partial charge in [-0.15, -0.1) is 0 Å². The summed E-state index contributed by atoms with van der Waals surface area (Å²) >= 11 is 6.12. The van der Waals surface area contributed by atoms with E-state index < -0.39 is 28.5 Å². The van der Waals surface area contributed by atoms with E-state index in [4.69, 9.17) is 11.6 Å². The quantitative estimate of drug-likeness (QED) is 0.473. The molecule has 7 nitrogen and oxygen atoms in total. The fourth-order valence-electron chi connectivity index (χ4n) is 3.71. The second kappa shape index (κ2) is 12.8. The first-order valence-electron chi connectivity index (χ1n) is 11.4. The van der Waals surface area contributed by atoms with Gasteiger partial charge in [0.15, 0.2) is 0 Å². The van der Waals surface area contributed by atoms with Gasteiger partial charge in [-0.05, 0) is 49.4 Å². The molecular weight excluding hydrogens is 474 g/mol. The van der Waals surface area contributed by atoms with E-state index in [9.17, 15) is 18.0 Å². The van der Waals surface area contributed by atoms with Gasteiger partial charge in [0.05, 0.1) is 11.9 Å². The highest BCUT2D eigenvalue weighted by Gasteiger charge is 2.31. The normalized spacial score (nSPS) is 12.1. The van der Waals surface area contributed by atoms with Crippen molar-refractivity contribution in [2.75, 3.05) is 30.2 Å². The Hall–Kier alpha value is -2.58. The van der Waals surface area contributed by atoms with Crippen molar-refractivity contribution < 1.29 is 18.0 Å². The van der Waals surface area contributed by atoms with Crippen LogP contribution in [0.3, 0.4) is 0 Å². The Morgan fingerprint density at radius 1 is 1.09 bits per heavy atom. The van der Waals surface area contributed by atoms with Gasteiger partial charge in [-0.1, -0.05) is 61.8 Å². The molecule has 0 aromatic heterocycles. The SMILES string of the molecule is CCCNC(=O)[C@H](CC)N(CCc1ccccc1)C(=O)CN(c1cc(Cl)ccc1C)S(C)(=O)=O. The average molecular weight is 508 g/mol. The summed E-state index contributed by atoms with van der Waals surface area (Å²) in [6.45, 7) is 5.92. The van der Waals surface area contributed by atoms with Crippen LogP contribution in [0.15, 0.2) is 48.5 Å². The minimum atomic E-state index is -3.79. The highest BCUT2D eigenvalue weighted by Crippen LogP contribution is 2.26. The number of halogens is 1. The Bertz CT molecular complexity index is 1080. The van der Waals surface area contributed by atoms with Crippen molar-refractivity contribution >= 4 is 39.1 Å². The van der Waals surface area contributed by atoms with Gasteiger partial charge in [-0.2, -0.15) is 0 Å². The van der Waals surface area contributed by atoms with Crippen LogP contribution in [-0.4, -0.2) is 57.1 Å². The van der Waals surface area contributed by atoms with Gasteiger partial charge in [0.25, 0.3) is 0 Å². The number of nitrogens with zero attached hydrogens (tertiary/aromatic N) is 2.